The van der Waals surface area contributed by atoms with Gasteiger partial charge in [0.15, 0.2) is 5.79 Å². The van der Waals surface area contributed by atoms with Gasteiger partial charge in [0.05, 0.1) is 18.3 Å². The van der Waals surface area contributed by atoms with Gasteiger partial charge in [0, 0.05) is 18.4 Å². The van der Waals surface area contributed by atoms with Gasteiger partial charge >= 0.3 is 0 Å². The van der Waals surface area contributed by atoms with Gasteiger partial charge in [0.1, 0.15) is 0 Å². The second kappa shape index (κ2) is 6.71. The van der Waals surface area contributed by atoms with Crippen LogP contribution in [-0.2, 0) is 9.47 Å². The Morgan fingerprint density at radius 1 is 0.903 bits per heavy atom. The predicted octanol–water partition coefficient (Wildman–Crippen LogP) is 4.88. The molecule has 3 N–H and O–H groups in total. The first kappa shape index (κ1) is 21.4. The Balaban J connectivity index is 1.29. The normalized spacial score (nSPS) is 63.3. The Labute approximate surface area is 189 Å². The van der Waals surface area contributed by atoms with Crippen molar-refractivity contribution in [2.24, 2.45) is 52.1 Å². The van der Waals surface area contributed by atoms with Gasteiger partial charge in [-0.1, -0.05) is 27.7 Å². The van der Waals surface area contributed by atoms with Gasteiger partial charge in [-0.3, -0.25) is 0 Å². The first-order valence-electron chi connectivity index (χ1n) is 13.4. The van der Waals surface area contributed by atoms with Gasteiger partial charge in [-0.05, 0) is 98.2 Å². The molecule has 4 heteroatoms. The monoisotopic (exact) mass is 431 g/mol. The summed E-state index contributed by atoms with van der Waals surface area (Å²) >= 11 is 0. The minimum atomic E-state index is -0.517. The van der Waals surface area contributed by atoms with Crippen LogP contribution in [0, 0.1) is 46.3 Å². The molecule has 0 unspecified atom stereocenters. The van der Waals surface area contributed by atoms with Crippen LogP contribution in [0.5, 0.6) is 0 Å². The molecule has 0 aromatic heterocycles. The molecule has 6 rings (SSSR count). The molecular formula is C27H45NO3. The third-order valence-electron chi connectivity index (χ3n) is 12.2. The zero-order chi connectivity index (χ0) is 21.8. The molecule has 2 aliphatic heterocycles. The first-order chi connectivity index (χ1) is 14.6. The van der Waals surface area contributed by atoms with E-state index < -0.39 is 5.60 Å². The van der Waals surface area contributed by atoms with E-state index in [-0.39, 0.29) is 16.6 Å². The van der Waals surface area contributed by atoms with E-state index in [1.54, 1.807) is 0 Å². The van der Waals surface area contributed by atoms with Gasteiger partial charge in [0.2, 0.25) is 0 Å². The van der Waals surface area contributed by atoms with Gasteiger partial charge in [-0.2, -0.15) is 0 Å². The molecule has 4 nitrogen and oxygen atoms in total. The fourth-order valence-corrected chi connectivity index (χ4v) is 10.3. The number of rotatable bonds is 0. The van der Waals surface area contributed by atoms with Crippen LogP contribution in [0.15, 0.2) is 0 Å². The molecule has 176 valence electrons. The summed E-state index contributed by atoms with van der Waals surface area (Å²) in [5.74, 6) is 2.93. The summed E-state index contributed by atoms with van der Waals surface area (Å²) in [7, 11) is 0. The molecule has 6 aliphatic rings. The van der Waals surface area contributed by atoms with Crippen LogP contribution < -0.4 is 5.73 Å². The highest BCUT2D eigenvalue weighted by Gasteiger charge is 2.72. The molecule has 1 spiro atoms. The van der Waals surface area contributed by atoms with Crippen molar-refractivity contribution < 1.29 is 14.6 Å². The second-order valence-electron chi connectivity index (χ2n) is 13.3. The smallest absolute Gasteiger partial charge is 0.171 e. The summed E-state index contributed by atoms with van der Waals surface area (Å²) in [6, 6.07) is 0.335. The summed E-state index contributed by atoms with van der Waals surface area (Å²) in [5, 5.41) is 12.4. The highest BCUT2D eigenvalue weighted by Crippen LogP contribution is 2.72. The largest absolute Gasteiger partial charge is 0.389 e. The Kier molecular flexibility index (Phi) is 4.62. The molecule has 2 heterocycles. The molecule has 6 fully saturated rings. The molecular weight excluding hydrogens is 386 g/mol. The van der Waals surface area contributed by atoms with Crippen LogP contribution in [0.2, 0.25) is 0 Å². The fraction of sp³-hybridized carbons (Fsp3) is 1.00. The van der Waals surface area contributed by atoms with Gasteiger partial charge in [-0.15, -0.1) is 0 Å². The number of fused-ring (bicyclic) bond motifs is 7. The SMILES string of the molecule is C[C@@H]1CC[C@@]2(OC1)O[C@H]1C[C@H]3[C@@H]4CC[C@H]5C[C@H](N)CC[C@]5(C)[C@@]4(O)CC[C@@]3(C)[C@H]1[C@@H]2C. The van der Waals surface area contributed by atoms with Gasteiger partial charge in [-0.25, -0.2) is 0 Å². The van der Waals surface area contributed by atoms with E-state index in [1.165, 1.54) is 19.3 Å². The Bertz CT molecular complexity index is 734. The maximum atomic E-state index is 12.4. The minimum absolute atomic E-state index is 0.0428. The van der Waals surface area contributed by atoms with Crippen LogP contribution in [-0.4, -0.2) is 35.2 Å². The van der Waals surface area contributed by atoms with Crippen LogP contribution in [0.25, 0.3) is 0 Å². The molecule has 0 aromatic carbocycles. The lowest BCUT2D eigenvalue weighted by Crippen LogP contribution is -2.66. The Morgan fingerprint density at radius 3 is 2.45 bits per heavy atom. The van der Waals surface area contributed by atoms with E-state index in [4.69, 9.17) is 15.2 Å². The Morgan fingerprint density at radius 2 is 1.71 bits per heavy atom. The predicted molar refractivity (Wildman–Crippen MR) is 121 cm³/mol. The molecule has 4 saturated carbocycles. The lowest BCUT2D eigenvalue weighted by Gasteiger charge is -2.65. The number of ether oxygens (including phenoxy) is 2. The fourth-order valence-electron chi connectivity index (χ4n) is 10.3. The van der Waals surface area contributed by atoms with Crippen molar-refractivity contribution in [2.75, 3.05) is 6.61 Å². The van der Waals surface area contributed by atoms with Crippen molar-refractivity contribution in [2.45, 2.75) is 115 Å². The van der Waals surface area contributed by atoms with Crippen molar-refractivity contribution in [3.8, 4) is 0 Å². The average Bonchev–Trinajstić information content (AvgIpc) is 3.17. The van der Waals surface area contributed by atoms with E-state index >= 15 is 0 Å². The second-order valence-corrected chi connectivity index (χ2v) is 13.3. The molecule has 0 radical (unpaired) electrons. The van der Waals surface area contributed by atoms with Crippen molar-refractivity contribution in [1.82, 2.24) is 0 Å². The number of nitrogens with two attached hydrogens (primary N) is 1. The third kappa shape index (κ3) is 2.63. The van der Waals surface area contributed by atoms with E-state index in [9.17, 15) is 5.11 Å². The molecule has 31 heavy (non-hydrogen) atoms. The molecule has 4 aliphatic carbocycles. The van der Waals surface area contributed by atoms with Crippen molar-refractivity contribution in [3.63, 3.8) is 0 Å². The average molecular weight is 432 g/mol. The van der Waals surface area contributed by atoms with Crippen molar-refractivity contribution in [3.05, 3.63) is 0 Å². The summed E-state index contributed by atoms with van der Waals surface area (Å²) in [5.41, 5.74) is 6.16. The molecule has 0 amide bonds. The molecule has 12 atom stereocenters. The Hall–Kier alpha value is -0.160. The van der Waals surface area contributed by atoms with Crippen molar-refractivity contribution >= 4 is 0 Å². The summed E-state index contributed by atoms with van der Waals surface area (Å²) in [4.78, 5) is 0. The lowest BCUT2D eigenvalue weighted by molar-refractivity contribution is -0.277. The van der Waals surface area contributed by atoms with Crippen LogP contribution >= 0.6 is 0 Å². The lowest BCUT2D eigenvalue weighted by atomic mass is 9.42. The van der Waals surface area contributed by atoms with Gasteiger partial charge < -0.3 is 20.3 Å². The maximum Gasteiger partial charge on any atom is 0.171 e. The van der Waals surface area contributed by atoms with Gasteiger partial charge in [0.25, 0.3) is 0 Å². The van der Waals surface area contributed by atoms with Crippen LogP contribution in [0.4, 0.5) is 0 Å². The number of hydrogen-bond acceptors (Lipinski definition) is 4. The molecule has 0 bridgehead atoms. The highest BCUT2D eigenvalue weighted by molar-refractivity contribution is 5.20. The topological polar surface area (TPSA) is 64.7 Å². The summed E-state index contributed by atoms with van der Waals surface area (Å²) in [6.45, 7) is 10.5. The zero-order valence-electron chi connectivity index (χ0n) is 20.2. The summed E-state index contributed by atoms with van der Waals surface area (Å²) < 4.78 is 13.3. The maximum absolute atomic E-state index is 12.4. The molecule has 2 saturated heterocycles. The quantitative estimate of drug-likeness (QED) is 0.574. The highest BCUT2D eigenvalue weighted by atomic mass is 16.7. The van der Waals surface area contributed by atoms with Crippen molar-refractivity contribution in [1.29, 1.82) is 0 Å². The van der Waals surface area contributed by atoms with Crippen LogP contribution in [0.1, 0.15) is 91.9 Å². The minimum Gasteiger partial charge on any atom is -0.389 e. The summed E-state index contributed by atoms with van der Waals surface area (Å²) in [6.07, 6.45) is 11.5. The van der Waals surface area contributed by atoms with E-state index in [0.29, 0.717) is 47.7 Å². The van der Waals surface area contributed by atoms with E-state index in [1.807, 2.05) is 0 Å². The first-order valence-corrected chi connectivity index (χ1v) is 13.4. The van der Waals surface area contributed by atoms with E-state index in [2.05, 4.69) is 27.7 Å². The third-order valence-corrected chi connectivity index (χ3v) is 12.2. The molecule has 0 aromatic rings. The van der Waals surface area contributed by atoms with E-state index in [0.717, 1.165) is 51.6 Å². The van der Waals surface area contributed by atoms with Crippen LogP contribution in [0.3, 0.4) is 0 Å². The number of aliphatic hydroxyl groups is 1. The standard InChI is InChI=1S/C27H45NO3/c1-16-7-10-27(30-15-16)17(2)23-22(31-27)14-21-20-6-5-18-13-19(28)8-9-25(18,4)26(20,29)12-11-24(21,23)3/h16-23,29H,5-15,28H2,1-4H3/t16-,17+,18+,19-,20+,21+,22+,23+,24-,25+,26-,27-/m1/s1. The number of hydrogen-bond donors (Lipinski definition) is 2. The zero-order valence-corrected chi connectivity index (χ0v) is 20.2.